The molecule has 2 heterocycles. The lowest BCUT2D eigenvalue weighted by atomic mass is 10.2. The lowest BCUT2D eigenvalue weighted by molar-refractivity contribution is -0.114. The molecule has 0 aliphatic carbocycles. The number of rotatable bonds is 4. The van der Waals surface area contributed by atoms with Gasteiger partial charge in [0.05, 0.1) is 24.1 Å². The zero-order chi connectivity index (χ0) is 16.9. The number of hydrogen-bond acceptors (Lipinski definition) is 5. The largest absolute Gasteiger partial charge is 0.366 e. The third kappa shape index (κ3) is 3.62. The number of hydrogen-bond donors (Lipinski definition) is 2. The molecule has 1 amide bonds. The molecule has 1 aliphatic heterocycles. The van der Waals surface area contributed by atoms with Crippen molar-refractivity contribution < 1.29 is 9.18 Å². The summed E-state index contributed by atoms with van der Waals surface area (Å²) in [6.07, 6.45) is 1.62. The van der Waals surface area contributed by atoms with Crippen LogP contribution in [0.1, 0.15) is 0 Å². The predicted molar refractivity (Wildman–Crippen MR) is 92.7 cm³/mol. The summed E-state index contributed by atoms with van der Waals surface area (Å²) < 4.78 is 13.9. The molecule has 1 saturated heterocycles. The number of nitrogens with zero attached hydrogens (tertiary/aromatic N) is 3. The molecule has 1 aromatic heterocycles. The molecule has 0 bridgehead atoms. The molecule has 126 valence electrons. The van der Waals surface area contributed by atoms with Gasteiger partial charge in [0.2, 0.25) is 5.91 Å². The lowest BCUT2D eigenvalue weighted by Crippen LogP contribution is -2.47. The van der Waals surface area contributed by atoms with Crippen molar-refractivity contribution in [3.05, 3.63) is 48.4 Å². The van der Waals surface area contributed by atoms with Crippen molar-refractivity contribution in [2.24, 2.45) is 5.73 Å². The van der Waals surface area contributed by atoms with Crippen LogP contribution in [-0.4, -0.2) is 43.6 Å². The Hall–Kier alpha value is -2.67. The summed E-state index contributed by atoms with van der Waals surface area (Å²) >= 11 is 0. The van der Waals surface area contributed by atoms with E-state index in [-0.39, 0.29) is 18.3 Å². The maximum Gasteiger partial charge on any atom is 0.238 e. The van der Waals surface area contributed by atoms with Gasteiger partial charge in [-0.25, -0.2) is 9.37 Å². The second-order valence-electron chi connectivity index (χ2n) is 5.58. The third-order valence-electron chi connectivity index (χ3n) is 4.01. The van der Waals surface area contributed by atoms with Crippen molar-refractivity contribution in [2.75, 3.05) is 47.8 Å². The van der Waals surface area contributed by atoms with Crippen LogP contribution in [0.2, 0.25) is 0 Å². The van der Waals surface area contributed by atoms with Gasteiger partial charge < -0.3 is 20.9 Å². The lowest BCUT2D eigenvalue weighted by Gasteiger charge is -2.36. The molecule has 0 saturated carbocycles. The minimum atomic E-state index is -0.247. The number of aromatic nitrogens is 1. The van der Waals surface area contributed by atoms with Gasteiger partial charge in [0, 0.05) is 26.2 Å². The van der Waals surface area contributed by atoms with Crippen LogP contribution in [0.3, 0.4) is 0 Å². The van der Waals surface area contributed by atoms with E-state index in [9.17, 15) is 9.18 Å². The number of anilines is 3. The first-order chi connectivity index (χ1) is 11.7. The SMILES string of the molecule is NCC(=O)Nc1ccc(N2CCN(c3ccccc3F)CC2)nc1. The Morgan fingerprint density at radius 3 is 2.46 bits per heavy atom. The molecule has 0 radical (unpaired) electrons. The first kappa shape index (κ1) is 16.2. The van der Waals surface area contributed by atoms with Crippen molar-refractivity contribution in [3.8, 4) is 0 Å². The molecule has 0 spiro atoms. The molecule has 3 N–H and O–H groups in total. The Morgan fingerprint density at radius 1 is 1.12 bits per heavy atom. The van der Waals surface area contributed by atoms with Crippen LogP contribution in [-0.2, 0) is 4.79 Å². The van der Waals surface area contributed by atoms with Gasteiger partial charge in [-0.3, -0.25) is 4.79 Å². The highest BCUT2D eigenvalue weighted by Gasteiger charge is 2.20. The van der Waals surface area contributed by atoms with Crippen LogP contribution in [0.25, 0.3) is 0 Å². The van der Waals surface area contributed by atoms with Gasteiger partial charge in [-0.05, 0) is 24.3 Å². The number of carbonyl (C=O) groups excluding carboxylic acids is 1. The van der Waals surface area contributed by atoms with E-state index < -0.39 is 0 Å². The van der Waals surface area contributed by atoms with Gasteiger partial charge in [-0.15, -0.1) is 0 Å². The quantitative estimate of drug-likeness (QED) is 0.888. The van der Waals surface area contributed by atoms with Gasteiger partial charge in [0.25, 0.3) is 0 Å². The maximum absolute atomic E-state index is 13.9. The highest BCUT2D eigenvalue weighted by molar-refractivity contribution is 5.91. The van der Waals surface area contributed by atoms with E-state index in [4.69, 9.17) is 5.73 Å². The summed E-state index contributed by atoms with van der Waals surface area (Å²) in [5.41, 5.74) is 6.53. The molecule has 1 fully saturated rings. The zero-order valence-corrected chi connectivity index (χ0v) is 13.3. The molecule has 3 rings (SSSR count). The highest BCUT2D eigenvalue weighted by Crippen LogP contribution is 2.22. The summed E-state index contributed by atoms with van der Waals surface area (Å²) in [5, 5.41) is 2.66. The molecular formula is C17H20FN5O. The number of halogens is 1. The minimum Gasteiger partial charge on any atom is -0.366 e. The summed E-state index contributed by atoms with van der Waals surface area (Å²) in [7, 11) is 0. The standard InChI is InChI=1S/C17H20FN5O/c18-14-3-1-2-4-15(14)22-7-9-23(10-8-22)16-6-5-13(12-20-16)21-17(24)11-19/h1-6,12H,7-11,19H2,(H,21,24). The van der Waals surface area contributed by atoms with Crippen molar-refractivity contribution in [1.82, 2.24) is 4.98 Å². The van der Waals surface area contributed by atoms with Gasteiger partial charge in [-0.1, -0.05) is 12.1 Å². The maximum atomic E-state index is 13.9. The first-order valence-electron chi connectivity index (χ1n) is 7.88. The molecule has 7 heteroatoms. The third-order valence-corrected chi connectivity index (χ3v) is 4.01. The number of nitrogens with two attached hydrogens (primary N) is 1. The van der Waals surface area contributed by atoms with Crippen LogP contribution in [0, 0.1) is 5.82 Å². The highest BCUT2D eigenvalue weighted by atomic mass is 19.1. The normalized spacial score (nSPS) is 14.6. The summed E-state index contributed by atoms with van der Waals surface area (Å²) in [4.78, 5) is 19.8. The minimum absolute atomic E-state index is 0.0558. The number of benzene rings is 1. The molecular weight excluding hydrogens is 309 g/mol. The molecule has 2 aromatic rings. The molecule has 0 atom stereocenters. The van der Waals surface area contributed by atoms with Gasteiger partial charge >= 0.3 is 0 Å². The van der Waals surface area contributed by atoms with E-state index in [1.807, 2.05) is 17.0 Å². The fraction of sp³-hybridized carbons (Fsp3) is 0.294. The average Bonchev–Trinajstić information content (AvgIpc) is 2.63. The zero-order valence-electron chi connectivity index (χ0n) is 13.3. The number of piperazine rings is 1. The fourth-order valence-electron chi connectivity index (χ4n) is 2.74. The van der Waals surface area contributed by atoms with E-state index in [2.05, 4.69) is 15.2 Å². The van der Waals surface area contributed by atoms with E-state index in [1.54, 1.807) is 24.4 Å². The van der Waals surface area contributed by atoms with Crippen LogP contribution < -0.4 is 20.9 Å². The summed E-state index contributed by atoms with van der Waals surface area (Å²) in [6, 6.07) is 10.5. The van der Waals surface area contributed by atoms with Gasteiger partial charge in [0.1, 0.15) is 11.6 Å². The molecule has 6 nitrogen and oxygen atoms in total. The molecule has 1 aromatic carbocycles. The van der Waals surface area contributed by atoms with Crippen LogP contribution in [0.5, 0.6) is 0 Å². The molecule has 24 heavy (non-hydrogen) atoms. The fourth-order valence-corrected chi connectivity index (χ4v) is 2.74. The van der Waals surface area contributed by atoms with Crippen LogP contribution in [0.15, 0.2) is 42.6 Å². The van der Waals surface area contributed by atoms with Crippen LogP contribution in [0.4, 0.5) is 21.6 Å². The Balaban J connectivity index is 1.60. The van der Waals surface area contributed by atoms with Crippen LogP contribution >= 0.6 is 0 Å². The predicted octanol–water partition coefficient (Wildman–Crippen LogP) is 1.44. The van der Waals surface area contributed by atoms with Gasteiger partial charge in [-0.2, -0.15) is 0 Å². The first-order valence-corrected chi connectivity index (χ1v) is 7.88. The van der Waals surface area contributed by atoms with Crippen molar-refractivity contribution in [3.63, 3.8) is 0 Å². The number of nitrogens with one attached hydrogen (secondary N) is 1. The second-order valence-corrected chi connectivity index (χ2v) is 5.58. The number of para-hydroxylation sites is 1. The summed E-state index contributed by atoms with van der Waals surface area (Å²) in [6.45, 7) is 2.92. The Bertz CT molecular complexity index is 698. The Labute approximate surface area is 140 Å². The van der Waals surface area contributed by atoms with E-state index in [1.165, 1.54) is 6.07 Å². The van der Waals surface area contributed by atoms with Crippen molar-refractivity contribution in [2.45, 2.75) is 0 Å². The monoisotopic (exact) mass is 329 g/mol. The molecule has 0 unspecified atom stereocenters. The smallest absolute Gasteiger partial charge is 0.238 e. The second kappa shape index (κ2) is 7.27. The number of amides is 1. The topological polar surface area (TPSA) is 74.5 Å². The summed E-state index contributed by atoms with van der Waals surface area (Å²) in [5.74, 6) is 0.404. The van der Waals surface area contributed by atoms with E-state index >= 15 is 0 Å². The Kier molecular flexibility index (Phi) is 4.90. The van der Waals surface area contributed by atoms with Gasteiger partial charge in [0.15, 0.2) is 0 Å². The Morgan fingerprint density at radius 2 is 1.83 bits per heavy atom. The van der Waals surface area contributed by atoms with E-state index in [0.717, 1.165) is 32.0 Å². The average molecular weight is 329 g/mol. The number of carbonyl (C=O) groups is 1. The van der Waals surface area contributed by atoms with E-state index in [0.29, 0.717) is 11.4 Å². The van der Waals surface area contributed by atoms with Crippen molar-refractivity contribution in [1.29, 1.82) is 0 Å². The molecule has 1 aliphatic rings. The van der Waals surface area contributed by atoms with Crippen molar-refractivity contribution >= 4 is 23.1 Å². The number of pyridine rings is 1.